The normalized spacial score (nSPS) is 12.0. The summed E-state index contributed by atoms with van der Waals surface area (Å²) in [5.41, 5.74) is 7.91. The molecule has 2 N–H and O–H groups in total. The number of halogens is 1. The highest BCUT2D eigenvalue weighted by molar-refractivity contribution is 9.10. The maximum Gasteiger partial charge on any atom is 0.180 e. The van der Waals surface area contributed by atoms with Gasteiger partial charge in [-0.3, -0.25) is 0 Å². The first-order valence-electron chi connectivity index (χ1n) is 8.07. The molecule has 0 spiro atoms. The molecule has 26 heavy (non-hydrogen) atoms. The topological polar surface area (TPSA) is 69.2 Å². The van der Waals surface area contributed by atoms with Gasteiger partial charge in [0, 0.05) is 5.75 Å². The lowest BCUT2D eigenvalue weighted by molar-refractivity contribution is 0.228. The van der Waals surface area contributed by atoms with Crippen molar-refractivity contribution in [3.8, 4) is 11.5 Å². The minimum absolute atomic E-state index is 0.0470. The lowest BCUT2D eigenvalue weighted by atomic mass is 10.2. The van der Waals surface area contributed by atoms with E-state index in [1.54, 1.807) is 13.3 Å². The Balaban J connectivity index is 2.03. The first-order chi connectivity index (χ1) is 12.5. The van der Waals surface area contributed by atoms with Crippen LogP contribution in [0.25, 0.3) is 0 Å². The first kappa shape index (κ1) is 20.3. The van der Waals surface area contributed by atoms with Crippen molar-refractivity contribution in [3.63, 3.8) is 0 Å². The predicted octanol–water partition coefficient (Wildman–Crippen LogP) is 4.83. The molecule has 0 aliphatic heterocycles. The van der Waals surface area contributed by atoms with E-state index in [4.69, 9.17) is 15.2 Å². The number of nitrogens with zero attached hydrogens (tertiary/aromatic N) is 2. The van der Waals surface area contributed by atoms with Crippen LogP contribution >= 0.6 is 27.7 Å². The van der Waals surface area contributed by atoms with Gasteiger partial charge in [0.1, 0.15) is 0 Å². The Labute approximate surface area is 166 Å². The Hall–Kier alpha value is -1.99. The molecule has 0 heterocycles. The highest BCUT2D eigenvalue weighted by Crippen LogP contribution is 2.37. The van der Waals surface area contributed by atoms with Crippen molar-refractivity contribution < 1.29 is 9.47 Å². The SMILES string of the molecule is COc1cc(C=NN=C(N)SCc2ccccc2)cc(Br)c1OC(C)C. The number of ether oxygens (including phenoxy) is 2. The van der Waals surface area contributed by atoms with Crippen LogP contribution in [0.2, 0.25) is 0 Å². The molecule has 0 bridgehead atoms. The van der Waals surface area contributed by atoms with E-state index in [1.165, 1.54) is 17.3 Å². The second-order valence-electron chi connectivity index (χ2n) is 5.66. The van der Waals surface area contributed by atoms with Crippen molar-refractivity contribution >= 4 is 39.1 Å². The van der Waals surface area contributed by atoms with Crippen LogP contribution in [0.4, 0.5) is 0 Å². The van der Waals surface area contributed by atoms with Crippen LogP contribution in [0, 0.1) is 0 Å². The lowest BCUT2D eigenvalue weighted by Crippen LogP contribution is -2.07. The molecule has 0 radical (unpaired) electrons. The Kier molecular flexibility index (Phi) is 8.00. The van der Waals surface area contributed by atoms with Crippen molar-refractivity contribution in [2.24, 2.45) is 15.9 Å². The van der Waals surface area contributed by atoms with Crippen molar-refractivity contribution in [2.45, 2.75) is 25.7 Å². The zero-order valence-electron chi connectivity index (χ0n) is 15.0. The van der Waals surface area contributed by atoms with Crippen LogP contribution in [-0.2, 0) is 5.75 Å². The molecule has 0 amide bonds. The summed E-state index contributed by atoms with van der Waals surface area (Å²) in [7, 11) is 1.60. The monoisotopic (exact) mass is 435 g/mol. The Bertz CT molecular complexity index is 780. The van der Waals surface area contributed by atoms with Crippen LogP contribution < -0.4 is 15.2 Å². The van der Waals surface area contributed by atoms with Crippen LogP contribution in [0.1, 0.15) is 25.0 Å². The smallest absolute Gasteiger partial charge is 0.180 e. The summed E-state index contributed by atoms with van der Waals surface area (Å²) < 4.78 is 12.0. The standard InChI is InChI=1S/C19H22BrN3O2S/c1-13(2)25-18-16(20)9-15(10-17(18)24-3)11-22-23-19(21)26-12-14-7-5-4-6-8-14/h4-11,13H,12H2,1-3H3,(H2,21,23). The molecule has 2 aromatic carbocycles. The summed E-state index contributed by atoms with van der Waals surface area (Å²) in [5.74, 6) is 2.05. The van der Waals surface area contributed by atoms with Crippen LogP contribution in [0.3, 0.4) is 0 Å². The van der Waals surface area contributed by atoms with Gasteiger partial charge in [-0.15, -0.1) is 5.10 Å². The van der Waals surface area contributed by atoms with Gasteiger partial charge in [-0.25, -0.2) is 0 Å². The highest BCUT2D eigenvalue weighted by Gasteiger charge is 2.12. The van der Waals surface area contributed by atoms with Gasteiger partial charge < -0.3 is 15.2 Å². The highest BCUT2D eigenvalue weighted by atomic mass is 79.9. The molecule has 7 heteroatoms. The summed E-state index contributed by atoms with van der Waals surface area (Å²) in [6.45, 7) is 3.93. The molecule has 0 atom stereocenters. The third kappa shape index (κ3) is 6.38. The van der Waals surface area contributed by atoms with Crippen molar-refractivity contribution in [2.75, 3.05) is 7.11 Å². The van der Waals surface area contributed by atoms with E-state index < -0.39 is 0 Å². The predicted molar refractivity (Wildman–Crippen MR) is 113 cm³/mol. The van der Waals surface area contributed by atoms with Gasteiger partial charge in [0.05, 0.1) is 23.9 Å². The third-order valence-corrected chi connectivity index (χ3v) is 4.64. The van der Waals surface area contributed by atoms with Gasteiger partial charge in [-0.2, -0.15) is 5.10 Å². The summed E-state index contributed by atoms with van der Waals surface area (Å²) in [4.78, 5) is 0. The molecule has 0 fully saturated rings. The second kappa shape index (κ2) is 10.2. The quantitative estimate of drug-likeness (QED) is 0.384. The zero-order valence-corrected chi connectivity index (χ0v) is 17.4. The zero-order chi connectivity index (χ0) is 18.9. The lowest BCUT2D eigenvalue weighted by Gasteiger charge is -2.15. The molecular formula is C19H22BrN3O2S. The summed E-state index contributed by atoms with van der Waals surface area (Å²) >= 11 is 4.95. The molecular weight excluding hydrogens is 414 g/mol. The average Bonchev–Trinajstić information content (AvgIpc) is 2.62. The molecule has 0 aromatic heterocycles. The Morgan fingerprint density at radius 2 is 2.00 bits per heavy atom. The van der Waals surface area contributed by atoms with E-state index in [0.29, 0.717) is 16.7 Å². The minimum Gasteiger partial charge on any atom is -0.493 e. The van der Waals surface area contributed by atoms with E-state index in [2.05, 4.69) is 26.1 Å². The fourth-order valence-corrected chi connectivity index (χ4v) is 3.24. The van der Waals surface area contributed by atoms with Gasteiger partial charge in [-0.1, -0.05) is 42.1 Å². The fourth-order valence-electron chi connectivity index (χ4n) is 2.08. The van der Waals surface area contributed by atoms with Crippen LogP contribution in [0.5, 0.6) is 11.5 Å². The number of hydrogen-bond acceptors (Lipinski definition) is 5. The molecule has 0 saturated heterocycles. The molecule has 2 rings (SSSR count). The van der Waals surface area contributed by atoms with Gasteiger partial charge in [0.15, 0.2) is 16.7 Å². The molecule has 0 aliphatic carbocycles. The van der Waals surface area contributed by atoms with Gasteiger partial charge >= 0.3 is 0 Å². The van der Waals surface area contributed by atoms with Crippen molar-refractivity contribution in [3.05, 3.63) is 58.1 Å². The average molecular weight is 436 g/mol. The minimum atomic E-state index is 0.0470. The summed E-state index contributed by atoms with van der Waals surface area (Å²) in [6.07, 6.45) is 1.67. The second-order valence-corrected chi connectivity index (χ2v) is 7.51. The number of thioether (sulfide) groups is 1. The number of nitrogens with two attached hydrogens (primary N) is 1. The summed E-state index contributed by atoms with van der Waals surface area (Å²) in [6, 6.07) is 13.8. The maximum atomic E-state index is 5.90. The molecule has 5 nitrogen and oxygen atoms in total. The summed E-state index contributed by atoms with van der Waals surface area (Å²) in [5, 5.41) is 8.50. The number of rotatable bonds is 7. The van der Waals surface area contributed by atoms with Crippen LogP contribution in [-0.4, -0.2) is 24.6 Å². The van der Waals surface area contributed by atoms with E-state index in [0.717, 1.165) is 15.8 Å². The third-order valence-electron chi connectivity index (χ3n) is 3.20. The molecule has 138 valence electrons. The van der Waals surface area contributed by atoms with Crippen molar-refractivity contribution in [1.29, 1.82) is 0 Å². The van der Waals surface area contributed by atoms with Crippen LogP contribution in [0.15, 0.2) is 57.1 Å². The van der Waals surface area contributed by atoms with Gasteiger partial charge in [0.2, 0.25) is 0 Å². The number of amidine groups is 1. The fraction of sp³-hybridized carbons (Fsp3) is 0.263. The number of benzene rings is 2. The van der Waals surface area contributed by atoms with E-state index in [1.807, 2.05) is 56.3 Å². The Morgan fingerprint density at radius 3 is 2.65 bits per heavy atom. The molecule has 2 aromatic rings. The first-order valence-corrected chi connectivity index (χ1v) is 9.85. The van der Waals surface area contributed by atoms with Gasteiger partial charge in [0.25, 0.3) is 0 Å². The maximum absolute atomic E-state index is 5.90. The molecule has 0 saturated carbocycles. The van der Waals surface area contributed by atoms with E-state index >= 15 is 0 Å². The van der Waals surface area contributed by atoms with E-state index in [9.17, 15) is 0 Å². The van der Waals surface area contributed by atoms with Crippen molar-refractivity contribution in [1.82, 2.24) is 0 Å². The van der Waals surface area contributed by atoms with E-state index in [-0.39, 0.29) is 6.10 Å². The van der Waals surface area contributed by atoms with Gasteiger partial charge in [-0.05, 0) is 53.0 Å². The Morgan fingerprint density at radius 1 is 1.27 bits per heavy atom. The molecule has 0 unspecified atom stereocenters. The largest absolute Gasteiger partial charge is 0.493 e. The molecule has 0 aliphatic rings. The number of hydrogen-bond donors (Lipinski definition) is 1. The number of methoxy groups -OCH3 is 1.